The van der Waals surface area contributed by atoms with Gasteiger partial charge in [0.2, 0.25) is 5.91 Å². The molecular weight excluding hydrogens is 390 g/mol. The molecule has 0 saturated carbocycles. The number of rotatable bonds is 7. The SMILES string of the molecule is Cc1ccc(C(N)C(=O)NCc2cccc(C(=O)NCC3CCCO3)c2)cc1.Cl. The zero-order valence-corrected chi connectivity index (χ0v) is 17.3. The second kappa shape index (κ2) is 11.0. The summed E-state index contributed by atoms with van der Waals surface area (Å²) in [6.45, 7) is 3.58. The molecule has 0 aromatic heterocycles. The first-order chi connectivity index (χ1) is 13.5. The third-order valence-corrected chi connectivity index (χ3v) is 4.89. The van der Waals surface area contributed by atoms with Gasteiger partial charge in [-0.2, -0.15) is 0 Å². The smallest absolute Gasteiger partial charge is 0.251 e. The molecule has 0 bridgehead atoms. The molecule has 1 saturated heterocycles. The molecule has 2 aromatic carbocycles. The van der Waals surface area contributed by atoms with Crippen LogP contribution in [0, 0.1) is 6.92 Å². The highest BCUT2D eigenvalue weighted by Crippen LogP contribution is 2.13. The third kappa shape index (κ3) is 6.56. The lowest BCUT2D eigenvalue weighted by molar-refractivity contribution is -0.122. The van der Waals surface area contributed by atoms with Gasteiger partial charge in [-0.25, -0.2) is 0 Å². The molecule has 156 valence electrons. The van der Waals surface area contributed by atoms with E-state index < -0.39 is 6.04 Å². The molecule has 0 aliphatic carbocycles. The Hall–Kier alpha value is -2.41. The van der Waals surface area contributed by atoms with E-state index in [0.717, 1.165) is 36.1 Å². The van der Waals surface area contributed by atoms with E-state index in [1.54, 1.807) is 12.1 Å². The molecule has 7 heteroatoms. The molecule has 2 amide bonds. The van der Waals surface area contributed by atoms with E-state index in [0.29, 0.717) is 18.7 Å². The fourth-order valence-corrected chi connectivity index (χ4v) is 3.16. The summed E-state index contributed by atoms with van der Waals surface area (Å²) in [6, 6.07) is 14.1. The number of aryl methyl sites for hydroxylation is 1. The Morgan fingerprint density at radius 1 is 1.17 bits per heavy atom. The molecule has 2 aromatic rings. The summed E-state index contributed by atoms with van der Waals surface area (Å²) in [4.78, 5) is 24.7. The van der Waals surface area contributed by atoms with Crippen molar-refractivity contribution < 1.29 is 14.3 Å². The molecule has 2 unspecified atom stereocenters. The maximum Gasteiger partial charge on any atom is 0.251 e. The normalized spacial score (nSPS) is 16.6. The van der Waals surface area contributed by atoms with E-state index >= 15 is 0 Å². The van der Waals surface area contributed by atoms with Crippen molar-refractivity contribution in [3.05, 3.63) is 70.8 Å². The molecule has 2 atom stereocenters. The number of ether oxygens (including phenoxy) is 1. The molecule has 4 N–H and O–H groups in total. The molecule has 3 rings (SSSR count). The summed E-state index contributed by atoms with van der Waals surface area (Å²) < 4.78 is 5.52. The molecule has 1 aliphatic heterocycles. The number of hydrogen-bond acceptors (Lipinski definition) is 4. The van der Waals surface area contributed by atoms with Crippen LogP contribution < -0.4 is 16.4 Å². The first-order valence-corrected chi connectivity index (χ1v) is 9.61. The van der Waals surface area contributed by atoms with E-state index in [1.807, 2.05) is 43.3 Å². The lowest BCUT2D eigenvalue weighted by Crippen LogP contribution is -2.34. The van der Waals surface area contributed by atoms with Crippen LogP contribution in [0.4, 0.5) is 0 Å². The number of nitrogens with two attached hydrogens (primary N) is 1. The highest BCUT2D eigenvalue weighted by Gasteiger charge is 2.17. The van der Waals surface area contributed by atoms with Crippen LogP contribution in [0.5, 0.6) is 0 Å². The molecule has 1 fully saturated rings. The van der Waals surface area contributed by atoms with Crippen molar-refractivity contribution in [1.82, 2.24) is 10.6 Å². The van der Waals surface area contributed by atoms with Crippen LogP contribution in [0.15, 0.2) is 48.5 Å². The molecular formula is C22H28ClN3O3. The van der Waals surface area contributed by atoms with E-state index in [2.05, 4.69) is 10.6 Å². The first-order valence-electron chi connectivity index (χ1n) is 9.61. The van der Waals surface area contributed by atoms with Gasteiger partial charge in [0.05, 0.1) is 6.10 Å². The predicted octanol–water partition coefficient (Wildman–Crippen LogP) is 2.64. The van der Waals surface area contributed by atoms with Crippen LogP contribution in [0.1, 0.15) is 45.9 Å². The fourth-order valence-electron chi connectivity index (χ4n) is 3.16. The summed E-state index contributed by atoms with van der Waals surface area (Å²) in [5, 5.41) is 5.75. The summed E-state index contributed by atoms with van der Waals surface area (Å²) in [5.74, 6) is -0.392. The summed E-state index contributed by atoms with van der Waals surface area (Å²) in [5.41, 5.74) is 9.33. The Labute approximate surface area is 177 Å². The topological polar surface area (TPSA) is 93.5 Å². The third-order valence-electron chi connectivity index (χ3n) is 4.89. The van der Waals surface area contributed by atoms with Gasteiger partial charge in [0.25, 0.3) is 5.91 Å². The number of amides is 2. The summed E-state index contributed by atoms with van der Waals surface area (Å²) in [6.07, 6.45) is 2.13. The van der Waals surface area contributed by atoms with Gasteiger partial charge in [0, 0.05) is 25.3 Å². The number of nitrogens with one attached hydrogen (secondary N) is 2. The monoisotopic (exact) mass is 417 g/mol. The van der Waals surface area contributed by atoms with Crippen molar-refractivity contribution in [2.45, 2.75) is 38.5 Å². The van der Waals surface area contributed by atoms with Crippen molar-refractivity contribution in [3.8, 4) is 0 Å². The minimum atomic E-state index is -0.724. The molecule has 1 aliphatic rings. The lowest BCUT2D eigenvalue weighted by atomic mass is 10.0. The van der Waals surface area contributed by atoms with Crippen molar-refractivity contribution in [1.29, 1.82) is 0 Å². The van der Waals surface area contributed by atoms with Gasteiger partial charge in [0.15, 0.2) is 0 Å². The fraction of sp³-hybridized carbons (Fsp3) is 0.364. The Balaban J connectivity index is 0.00000300. The predicted molar refractivity (Wildman–Crippen MR) is 115 cm³/mol. The second-order valence-corrected chi connectivity index (χ2v) is 7.15. The largest absolute Gasteiger partial charge is 0.376 e. The Kier molecular flexibility index (Phi) is 8.64. The zero-order valence-electron chi connectivity index (χ0n) is 16.5. The van der Waals surface area contributed by atoms with Crippen LogP contribution in [-0.2, 0) is 16.1 Å². The van der Waals surface area contributed by atoms with Gasteiger partial charge in [0.1, 0.15) is 6.04 Å². The van der Waals surface area contributed by atoms with Crippen molar-refractivity contribution in [3.63, 3.8) is 0 Å². The number of hydrogen-bond donors (Lipinski definition) is 3. The number of carbonyl (C=O) groups excluding carboxylic acids is 2. The van der Waals surface area contributed by atoms with E-state index in [1.165, 1.54) is 0 Å². The quantitative estimate of drug-likeness (QED) is 0.645. The highest BCUT2D eigenvalue weighted by atomic mass is 35.5. The minimum absolute atomic E-state index is 0. The zero-order chi connectivity index (χ0) is 19.9. The first kappa shape index (κ1) is 22.9. The second-order valence-electron chi connectivity index (χ2n) is 7.15. The lowest BCUT2D eigenvalue weighted by Gasteiger charge is -2.14. The van der Waals surface area contributed by atoms with E-state index in [-0.39, 0.29) is 30.3 Å². The standard InChI is InChI=1S/C22H27N3O3.ClH/c1-15-7-9-17(10-8-15)20(23)22(27)24-13-16-4-2-5-18(12-16)21(26)25-14-19-6-3-11-28-19;/h2,4-5,7-10,12,19-20H,3,6,11,13-14,23H2,1H3,(H,24,27)(H,25,26);1H. The van der Waals surface area contributed by atoms with E-state index in [4.69, 9.17) is 10.5 Å². The Morgan fingerprint density at radius 3 is 2.62 bits per heavy atom. The maximum atomic E-state index is 12.3. The van der Waals surface area contributed by atoms with Crippen LogP contribution >= 0.6 is 12.4 Å². The van der Waals surface area contributed by atoms with Crippen molar-refractivity contribution >= 4 is 24.2 Å². The van der Waals surface area contributed by atoms with E-state index in [9.17, 15) is 9.59 Å². The van der Waals surface area contributed by atoms with Crippen LogP contribution in [0.3, 0.4) is 0 Å². The van der Waals surface area contributed by atoms with Crippen LogP contribution in [0.25, 0.3) is 0 Å². The Bertz CT molecular complexity index is 820. The molecule has 29 heavy (non-hydrogen) atoms. The van der Waals surface area contributed by atoms with Gasteiger partial charge in [-0.15, -0.1) is 12.4 Å². The van der Waals surface area contributed by atoms with Gasteiger partial charge in [-0.3, -0.25) is 9.59 Å². The molecule has 0 radical (unpaired) electrons. The highest BCUT2D eigenvalue weighted by molar-refractivity contribution is 5.94. The minimum Gasteiger partial charge on any atom is -0.376 e. The van der Waals surface area contributed by atoms with Gasteiger partial charge < -0.3 is 21.1 Å². The Morgan fingerprint density at radius 2 is 1.93 bits per heavy atom. The van der Waals surface area contributed by atoms with Crippen LogP contribution in [0.2, 0.25) is 0 Å². The number of halogens is 1. The molecule has 1 heterocycles. The maximum absolute atomic E-state index is 12.3. The summed E-state index contributed by atoms with van der Waals surface area (Å²) >= 11 is 0. The van der Waals surface area contributed by atoms with Crippen LogP contribution in [-0.4, -0.2) is 31.1 Å². The van der Waals surface area contributed by atoms with Crippen molar-refractivity contribution in [2.75, 3.05) is 13.2 Å². The van der Waals surface area contributed by atoms with Gasteiger partial charge in [-0.1, -0.05) is 42.0 Å². The number of benzene rings is 2. The summed E-state index contributed by atoms with van der Waals surface area (Å²) in [7, 11) is 0. The van der Waals surface area contributed by atoms with Gasteiger partial charge in [-0.05, 0) is 43.0 Å². The molecule has 0 spiro atoms. The number of carbonyl (C=O) groups is 2. The average Bonchev–Trinajstić information content (AvgIpc) is 3.24. The average molecular weight is 418 g/mol. The molecule has 6 nitrogen and oxygen atoms in total. The van der Waals surface area contributed by atoms with Crippen molar-refractivity contribution in [2.24, 2.45) is 5.73 Å². The van der Waals surface area contributed by atoms with Gasteiger partial charge >= 0.3 is 0 Å².